The third-order valence-corrected chi connectivity index (χ3v) is 6.03. The molecule has 1 aliphatic heterocycles. The monoisotopic (exact) mass is 383 g/mol. The van der Waals surface area contributed by atoms with Crippen LogP contribution in [0.1, 0.15) is 18.5 Å². The molecule has 0 amide bonds. The molecule has 9 heteroatoms. The first-order valence-electron chi connectivity index (χ1n) is 8.13. The molecule has 0 radical (unpaired) electrons. The van der Waals surface area contributed by atoms with E-state index in [0.717, 1.165) is 12.1 Å². The Hall–Kier alpha value is -2.10. The van der Waals surface area contributed by atoms with Crippen LogP contribution < -0.4 is 5.32 Å². The molecule has 0 saturated carbocycles. The first-order chi connectivity index (χ1) is 12.4. The molecule has 0 bridgehead atoms. The van der Waals surface area contributed by atoms with Crippen molar-refractivity contribution in [3.63, 3.8) is 0 Å². The van der Waals surface area contributed by atoms with Crippen molar-refractivity contribution >= 4 is 15.8 Å². The van der Waals surface area contributed by atoms with Crippen LogP contribution in [0.3, 0.4) is 0 Å². The zero-order chi connectivity index (χ0) is 18.7. The minimum atomic E-state index is -3.60. The summed E-state index contributed by atoms with van der Waals surface area (Å²) < 4.78 is 58.0. The number of rotatable bonds is 5. The van der Waals surface area contributed by atoms with Crippen LogP contribution in [0.15, 0.2) is 41.4 Å². The van der Waals surface area contributed by atoms with E-state index in [-0.39, 0.29) is 10.9 Å². The second-order valence-electron chi connectivity index (χ2n) is 5.94. The Morgan fingerprint density at radius 3 is 2.50 bits per heavy atom. The van der Waals surface area contributed by atoms with Crippen LogP contribution in [0.25, 0.3) is 0 Å². The van der Waals surface area contributed by atoms with Crippen LogP contribution in [0.4, 0.5) is 14.6 Å². The van der Waals surface area contributed by atoms with Gasteiger partial charge in [-0.1, -0.05) is 6.07 Å². The topological polar surface area (TPSA) is 71.5 Å². The van der Waals surface area contributed by atoms with Gasteiger partial charge in [-0.15, -0.1) is 0 Å². The maximum atomic E-state index is 13.3. The SMILES string of the molecule is C[C@@H](Nc1ccc(S(=O)(=O)N2CCOCC2)cn1)c1ccc(F)c(F)c1. The minimum absolute atomic E-state index is 0.102. The lowest BCUT2D eigenvalue weighted by molar-refractivity contribution is 0.0730. The van der Waals surface area contributed by atoms with E-state index in [9.17, 15) is 17.2 Å². The highest BCUT2D eigenvalue weighted by atomic mass is 32.2. The number of pyridine rings is 1. The number of morpholine rings is 1. The molecule has 1 atom stereocenters. The summed E-state index contributed by atoms with van der Waals surface area (Å²) in [6.45, 7) is 3.15. The van der Waals surface area contributed by atoms with Crippen molar-refractivity contribution in [1.82, 2.24) is 9.29 Å². The van der Waals surface area contributed by atoms with Crippen LogP contribution >= 0.6 is 0 Å². The number of ether oxygens (including phenoxy) is 1. The molecular formula is C17H19F2N3O3S. The third-order valence-electron chi connectivity index (χ3n) is 4.15. The minimum Gasteiger partial charge on any atom is -0.379 e. The highest BCUT2D eigenvalue weighted by molar-refractivity contribution is 7.89. The van der Waals surface area contributed by atoms with Crippen molar-refractivity contribution in [1.29, 1.82) is 0 Å². The molecule has 2 aromatic rings. The summed E-state index contributed by atoms with van der Waals surface area (Å²) in [6.07, 6.45) is 1.28. The number of anilines is 1. The molecule has 1 fully saturated rings. The van der Waals surface area contributed by atoms with E-state index in [1.54, 1.807) is 13.0 Å². The van der Waals surface area contributed by atoms with Gasteiger partial charge in [0, 0.05) is 19.3 Å². The molecule has 140 valence electrons. The molecule has 1 saturated heterocycles. The van der Waals surface area contributed by atoms with Gasteiger partial charge in [0.05, 0.1) is 19.3 Å². The van der Waals surface area contributed by atoms with Gasteiger partial charge < -0.3 is 10.1 Å². The van der Waals surface area contributed by atoms with Crippen molar-refractivity contribution < 1.29 is 21.9 Å². The maximum Gasteiger partial charge on any atom is 0.244 e. The van der Waals surface area contributed by atoms with Gasteiger partial charge in [-0.05, 0) is 36.8 Å². The van der Waals surface area contributed by atoms with E-state index < -0.39 is 21.7 Å². The van der Waals surface area contributed by atoms with Crippen molar-refractivity contribution in [3.8, 4) is 0 Å². The first kappa shape index (κ1) is 18.7. The van der Waals surface area contributed by atoms with Gasteiger partial charge in [0.15, 0.2) is 11.6 Å². The van der Waals surface area contributed by atoms with Gasteiger partial charge in [-0.3, -0.25) is 0 Å². The molecule has 6 nitrogen and oxygen atoms in total. The summed E-state index contributed by atoms with van der Waals surface area (Å²) in [5, 5.41) is 3.03. The predicted octanol–water partition coefficient (Wildman–Crippen LogP) is 2.55. The van der Waals surface area contributed by atoms with Crippen LogP contribution in [-0.4, -0.2) is 44.0 Å². The molecule has 0 aliphatic carbocycles. The molecule has 1 aromatic carbocycles. The van der Waals surface area contributed by atoms with Crippen LogP contribution in [0.5, 0.6) is 0 Å². The molecule has 2 heterocycles. The second-order valence-corrected chi connectivity index (χ2v) is 7.87. The van der Waals surface area contributed by atoms with E-state index in [1.165, 1.54) is 22.6 Å². The quantitative estimate of drug-likeness (QED) is 0.859. The summed E-state index contributed by atoms with van der Waals surface area (Å²) in [5.41, 5.74) is 0.552. The van der Waals surface area contributed by atoms with E-state index in [4.69, 9.17) is 4.74 Å². The van der Waals surface area contributed by atoms with Gasteiger partial charge in [-0.2, -0.15) is 4.31 Å². The Morgan fingerprint density at radius 2 is 1.88 bits per heavy atom. The number of nitrogens with one attached hydrogen (secondary N) is 1. The Labute approximate surface area is 150 Å². The fraction of sp³-hybridized carbons (Fsp3) is 0.353. The molecule has 1 N–H and O–H groups in total. The predicted molar refractivity (Wildman–Crippen MR) is 92.2 cm³/mol. The molecule has 1 aromatic heterocycles. The van der Waals surface area contributed by atoms with Gasteiger partial charge >= 0.3 is 0 Å². The lowest BCUT2D eigenvalue weighted by Crippen LogP contribution is -2.40. The third kappa shape index (κ3) is 4.00. The number of hydrogen-bond acceptors (Lipinski definition) is 5. The fourth-order valence-electron chi connectivity index (χ4n) is 2.64. The summed E-state index contributed by atoms with van der Waals surface area (Å²) in [5.74, 6) is -1.39. The lowest BCUT2D eigenvalue weighted by atomic mass is 10.1. The van der Waals surface area contributed by atoms with Crippen LogP contribution in [0.2, 0.25) is 0 Å². The summed E-state index contributed by atoms with van der Waals surface area (Å²) in [7, 11) is -3.60. The summed E-state index contributed by atoms with van der Waals surface area (Å²) in [6, 6.07) is 6.34. The number of aromatic nitrogens is 1. The highest BCUT2D eigenvalue weighted by Gasteiger charge is 2.26. The van der Waals surface area contributed by atoms with E-state index in [2.05, 4.69) is 10.3 Å². The average Bonchev–Trinajstić information content (AvgIpc) is 2.65. The molecular weight excluding hydrogens is 364 g/mol. The molecule has 1 aliphatic rings. The van der Waals surface area contributed by atoms with Crippen molar-refractivity contribution in [2.75, 3.05) is 31.6 Å². The second kappa shape index (κ2) is 7.65. The van der Waals surface area contributed by atoms with Gasteiger partial charge in [0.25, 0.3) is 0 Å². The Kier molecular flexibility index (Phi) is 5.49. The summed E-state index contributed by atoms with van der Waals surface area (Å²) in [4.78, 5) is 4.23. The largest absolute Gasteiger partial charge is 0.379 e. The molecule has 26 heavy (non-hydrogen) atoms. The van der Waals surface area contributed by atoms with Gasteiger partial charge in [-0.25, -0.2) is 22.2 Å². The van der Waals surface area contributed by atoms with Crippen LogP contribution in [-0.2, 0) is 14.8 Å². The number of halogens is 2. The first-order valence-corrected chi connectivity index (χ1v) is 9.57. The number of benzene rings is 1. The molecule has 0 unspecified atom stereocenters. The molecule has 0 spiro atoms. The Balaban J connectivity index is 1.71. The number of sulfonamides is 1. The fourth-order valence-corrected chi connectivity index (χ4v) is 4.00. The van der Waals surface area contributed by atoms with Crippen LogP contribution in [0, 0.1) is 11.6 Å². The number of nitrogens with zero attached hydrogens (tertiary/aromatic N) is 2. The van der Waals surface area contributed by atoms with E-state index >= 15 is 0 Å². The zero-order valence-corrected chi connectivity index (χ0v) is 15.0. The lowest BCUT2D eigenvalue weighted by Gasteiger charge is -2.26. The van der Waals surface area contributed by atoms with E-state index in [0.29, 0.717) is 37.7 Å². The number of hydrogen-bond donors (Lipinski definition) is 1. The Morgan fingerprint density at radius 1 is 1.15 bits per heavy atom. The smallest absolute Gasteiger partial charge is 0.244 e. The standard InChI is InChI=1S/C17H19F2N3O3S/c1-12(13-2-4-15(18)16(19)10-13)21-17-5-3-14(11-20-17)26(23,24)22-6-8-25-9-7-22/h2-5,10-12H,6-9H2,1H3,(H,20,21)/t12-/m1/s1. The summed E-state index contributed by atoms with van der Waals surface area (Å²) >= 11 is 0. The van der Waals surface area contributed by atoms with Crippen molar-refractivity contribution in [3.05, 3.63) is 53.7 Å². The zero-order valence-electron chi connectivity index (χ0n) is 14.2. The van der Waals surface area contributed by atoms with Crippen molar-refractivity contribution in [2.24, 2.45) is 0 Å². The van der Waals surface area contributed by atoms with Gasteiger partial charge in [0.1, 0.15) is 10.7 Å². The average molecular weight is 383 g/mol. The molecule has 3 rings (SSSR count). The maximum absolute atomic E-state index is 13.3. The Bertz CT molecular complexity index is 869. The van der Waals surface area contributed by atoms with E-state index in [1.807, 2.05) is 0 Å². The van der Waals surface area contributed by atoms with Crippen molar-refractivity contribution in [2.45, 2.75) is 17.9 Å². The highest BCUT2D eigenvalue weighted by Crippen LogP contribution is 2.22. The normalized spacial score (nSPS) is 17.0. The van der Waals surface area contributed by atoms with Gasteiger partial charge in [0.2, 0.25) is 10.0 Å².